The van der Waals surface area contributed by atoms with E-state index >= 15 is 0 Å². The number of ether oxygens (including phenoxy) is 1. The molecular weight excluding hydrogens is 240 g/mol. The van der Waals surface area contributed by atoms with Crippen LogP contribution in [0, 0.1) is 11.8 Å². The topological polar surface area (TPSA) is 41.6 Å². The Bertz CT molecular complexity index is 293. The number of nitrogens with one attached hydrogen (secondary N) is 1. The monoisotopic (exact) mass is 268 g/mol. The fraction of sp³-hybridized carbons (Fsp3) is 0.933. The number of likely N-dealkylation sites (tertiary alicyclic amines) is 1. The summed E-state index contributed by atoms with van der Waals surface area (Å²) in [6.45, 7) is 9.73. The number of carbonyl (C=O) groups is 1. The third-order valence-electron chi connectivity index (χ3n) is 4.32. The summed E-state index contributed by atoms with van der Waals surface area (Å²) >= 11 is 0. The summed E-state index contributed by atoms with van der Waals surface area (Å²) in [4.78, 5) is 14.3. The number of rotatable bonds is 4. The zero-order valence-corrected chi connectivity index (χ0v) is 12.5. The normalized spacial score (nSPS) is 33.4. The minimum atomic E-state index is 0.239. The summed E-state index contributed by atoms with van der Waals surface area (Å²) in [5.41, 5.74) is 0. The van der Waals surface area contributed by atoms with Crippen molar-refractivity contribution in [2.45, 2.75) is 52.2 Å². The standard InChI is InChI=1S/C15H28N2O2/c1-11-7-12(2)10-17(9-11)15(18)8-16-13(3)14-5-4-6-19-14/h11-14,16H,4-10H2,1-3H3. The molecule has 4 nitrogen and oxygen atoms in total. The molecule has 19 heavy (non-hydrogen) atoms. The van der Waals surface area contributed by atoms with E-state index in [1.807, 2.05) is 4.90 Å². The predicted octanol–water partition coefficient (Wildman–Crippen LogP) is 1.65. The van der Waals surface area contributed by atoms with Gasteiger partial charge in [0.1, 0.15) is 0 Å². The van der Waals surface area contributed by atoms with Crippen LogP contribution in [0.25, 0.3) is 0 Å². The Balaban J connectivity index is 1.74. The summed E-state index contributed by atoms with van der Waals surface area (Å²) in [7, 11) is 0. The van der Waals surface area contributed by atoms with E-state index in [0.717, 1.165) is 32.5 Å². The summed E-state index contributed by atoms with van der Waals surface area (Å²) in [5, 5.41) is 3.34. The molecule has 0 bridgehead atoms. The van der Waals surface area contributed by atoms with Crippen LogP contribution in [0.4, 0.5) is 0 Å². The minimum Gasteiger partial charge on any atom is -0.377 e. The zero-order chi connectivity index (χ0) is 13.8. The average Bonchev–Trinajstić information content (AvgIpc) is 2.88. The third kappa shape index (κ3) is 4.18. The molecule has 4 heteroatoms. The largest absolute Gasteiger partial charge is 0.377 e. The van der Waals surface area contributed by atoms with Crippen LogP contribution in [0.5, 0.6) is 0 Å². The highest BCUT2D eigenvalue weighted by Gasteiger charge is 2.27. The molecule has 4 atom stereocenters. The van der Waals surface area contributed by atoms with Gasteiger partial charge in [-0.1, -0.05) is 13.8 Å². The van der Waals surface area contributed by atoms with Crippen molar-refractivity contribution in [1.82, 2.24) is 10.2 Å². The van der Waals surface area contributed by atoms with Crippen molar-refractivity contribution in [2.24, 2.45) is 11.8 Å². The van der Waals surface area contributed by atoms with E-state index in [4.69, 9.17) is 4.74 Å². The maximum absolute atomic E-state index is 12.2. The quantitative estimate of drug-likeness (QED) is 0.843. The second kappa shape index (κ2) is 6.71. The number of nitrogens with zero attached hydrogens (tertiary/aromatic N) is 1. The van der Waals surface area contributed by atoms with Gasteiger partial charge in [-0.15, -0.1) is 0 Å². The van der Waals surface area contributed by atoms with Crippen molar-refractivity contribution in [3.8, 4) is 0 Å². The molecule has 2 fully saturated rings. The van der Waals surface area contributed by atoms with Crippen molar-refractivity contribution in [2.75, 3.05) is 26.2 Å². The van der Waals surface area contributed by atoms with Crippen molar-refractivity contribution >= 4 is 5.91 Å². The molecule has 2 aliphatic rings. The molecule has 110 valence electrons. The molecule has 0 aliphatic carbocycles. The first-order valence-corrected chi connectivity index (χ1v) is 7.69. The van der Waals surface area contributed by atoms with Crippen LogP contribution < -0.4 is 5.32 Å². The maximum atomic E-state index is 12.2. The SMILES string of the molecule is CC1CC(C)CN(C(=O)CNC(C)C2CCCO2)C1. The lowest BCUT2D eigenvalue weighted by Gasteiger charge is -2.35. The summed E-state index contributed by atoms with van der Waals surface area (Å²) < 4.78 is 5.64. The smallest absolute Gasteiger partial charge is 0.236 e. The highest BCUT2D eigenvalue weighted by molar-refractivity contribution is 5.78. The van der Waals surface area contributed by atoms with Gasteiger partial charge < -0.3 is 15.0 Å². The summed E-state index contributed by atoms with van der Waals surface area (Å²) in [6.07, 6.45) is 3.78. The van der Waals surface area contributed by atoms with Crippen LogP contribution in [-0.4, -0.2) is 49.2 Å². The van der Waals surface area contributed by atoms with E-state index in [1.54, 1.807) is 0 Å². The fourth-order valence-corrected chi connectivity index (χ4v) is 3.36. The second-order valence-electron chi connectivity index (χ2n) is 6.47. The molecule has 1 amide bonds. The van der Waals surface area contributed by atoms with Gasteiger partial charge in [-0.25, -0.2) is 0 Å². The fourth-order valence-electron chi connectivity index (χ4n) is 3.36. The molecule has 1 N–H and O–H groups in total. The molecule has 2 rings (SSSR count). The molecule has 0 aromatic rings. The molecule has 2 aliphatic heterocycles. The molecule has 0 radical (unpaired) electrons. The third-order valence-corrected chi connectivity index (χ3v) is 4.32. The molecule has 2 heterocycles. The van der Waals surface area contributed by atoms with Gasteiger partial charge >= 0.3 is 0 Å². The van der Waals surface area contributed by atoms with E-state index in [2.05, 4.69) is 26.1 Å². The lowest BCUT2D eigenvalue weighted by molar-refractivity contribution is -0.133. The molecule has 0 spiro atoms. The van der Waals surface area contributed by atoms with E-state index < -0.39 is 0 Å². The van der Waals surface area contributed by atoms with Crippen molar-refractivity contribution < 1.29 is 9.53 Å². The second-order valence-corrected chi connectivity index (χ2v) is 6.47. The number of carbonyl (C=O) groups excluding carboxylic acids is 1. The molecule has 0 aromatic heterocycles. The minimum absolute atomic E-state index is 0.239. The van der Waals surface area contributed by atoms with E-state index in [0.29, 0.717) is 18.4 Å². The van der Waals surface area contributed by atoms with Crippen LogP contribution >= 0.6 is 0 Å². The average molecular weight is 268 g/mol. The lowest BCUT2D eigenvalue weighted by atomic mass is 9.92. The van der Waals surface area contributed by atoms with Crippen LogP contribution in [0.1, 0.15) is 40.0 Å². The van der Waals surface area contributed by atoms with Crippen LogP contribution in [0.2, 0.25) is 0 Å². The van der Waals surface area contributed by atoms with Crippen LogP contribution in [0.3, 0.4) is 0 Å². The Morgan fingerprint density at radius 2 is 2.05 bits per heavy atom. The molecule has 0 saturated carbocycles. The van der Waals surface area contributed by atoms with Crippen molar-refractivity contribution in [3.05, 3.63) is 0 Å². The number of hydrogen-bond donors (Lipinski definition) is 1. The van der Waals surface area contributed by atoms with E-state index in [9.17, 15) is 4.79 Å². The first-order valence-electron chi connectivity index (χ1n) is 7.69. The Hall–Kier alpha value is -0.610. The molecule has 0 aromatic carbocycles. The number of hydrogen-bond acceptors (Lipinski definition) is 3. The van der Waals surface area contributed by atoms with Gasteiger partial charge in [0.15, 0.2) is 0 Å². The van der Waals surface area contributed by atoms with Gasteiger partial charge in [-0.3, -0.25) is 4.79 Å². The highest BCUT2D eigenvalue weighted by atomic mass is 16.5. The van der Waals surface area contributed by atoms with Gasteiger partial charge in [0, 0.05) is 25.7 Å². The summed E-state index contributed by atoms with van der Waals surface area (Å²) in [6, 6.07) is 0.270. The Labute approximate surface area is 116 Å². The van der Waals surface area contributed by atoms with Crippen molar-refractivity contribution in [1.29, 1.82) is 0 Å². The Kier molecular flexibility index (Phi) is 5.22. The number of amides is 1. The molecular formula is C15H28N2O2. The Morgan fingerprint density at radius 3 is 2.63 bits per heavy atom. The van der Waals surface area contributed by atoms with Gasteiger partial charge in [0.05, 0.1) is 12.6 Å². The van der Waals surface area contributed by atoms with E-state index in [1.165, 1.54) is 6.42 Å². The van der Waals surface area contributed by atoms with Crippen molar-refractivity contribution in [3.63, 3.8) is 0 Å². The summed E-state index contributed by atoms with van der Waals surface area (Å²) in [5.74, 6) is 1.50. The van der Waals surface area contributed by atoms with Gasteiger partial charge in [0.2, 0.25) is 5.91 Å². The van der Waals surface area contributed by atoms with Gasteiger partial charge in [-0.2, -0.15) is 0 Å². The predicted molar refractivity (Wildman–Crippen MR) is 76.0 cm³/mol. The highest BCUT2D eigenvalue weighted by Crippen LogP contribution is 2.21. The zero-order valence-electron chi connectivity index (χ0n) is 12.5. The first kappa shape index (κ1) is 14.8. The Morgan fingerprint density at radius 1 is 1.37 bits per heavy atom. The molecule has 2 saturated heterocycles. The maximum Gasteiger partial charge on any atom is 0.236 e. The van der Waals surface area contributed by atoms with E-state index in [-0.39, 0.29) is 18.1 Å². The van der Waals surface area contributed by atoms with Crippen LogP contribution in [0.15, 0.2) is 0 Å². The molecule has 4 unspecified atom stereocenters. The van der Waals surface area contributed by atoms with Crippen LogP contribution in [-0.2, 0) is 9.53 Å². The first-order chi connectivity index (χ1) is 9.06. The number of piperidine rings is 1. The lowest BCUT2D eigenvalue weighted by Crippen LogP contribution is -2.48. The van der Waals surface area contributed by atoms with Gasteiger partial charge in [0.25, 0.3) is 0 Å². The van der Waals surface area contributed by atoms with Gasteiger partial charge in [-0.05, 0) is 38.0 Å².